The van der Waals surface area contributed by atoms with Gasteiger partial charge in [-0.05, 0) is 31.2 Å². The highest BCUT2D eigenvalue weighted by Gasteiger charge is 2.26. The molecule has 2 rings (SSSR count). The maximum atomic E-state index is 11.5. The SMILES string of the molecule is CC1CC(O)=C(N=Nc2ccc(Cl)cc2)C(=O)O1. The van der Waals surface area contributed by atoms with Crippen LogP contribution in [0, 0.1) is 0 Å². The van der Waals surface area contributed by atoms with Gasteiger partial charge in [-0.25, -0.2) is 4.79 Å². The van der Waals surface area contributed by atoms with Crippen LogP contribution in [-0.2, 0) is 9.53 Å². The third-order valence-electron chi connectivity index (χ3n) is 2.35. The predicted molar refractivity (Wildman–Crippen MR) is 65.8 cm³/mol. The summed E-state index contributed by atoms with van der Waals surface area (Å²) in [5, 5.41) is 17.8. The molecule has 0 radical (unpaired) electrons. The van der Waals surface area contributed by atoms with E-state index in [1.807, 2.05) is 0 Å². The van der Waals surface area contributed by atoms with E-state index in [0.29, 0.717) is 10.7 Å². The van der Waals surface area contributed by atoms with Crippen molar-refractivity contribution in [1.29, 1.82) is 0 Å². The molecule has 0 amide bonds. The van der Waals surface area contributed by atoms with Crippen LogP contribution in [0.5, 0.6) is 0 Å². The molecule has 1 atom stereocenters. The molecule has 1 unspecified atom stereocenters. The number of halogens is 1. The van der Waals surface area contributed by atoms with Gasteiger partial charge in [0.2, 0.25) is 5.70 Å². The van der Waals surface area contributed by atoms with Crippen LogP contribution in [0.25, 0.3) is 0 Å². The van der Waals surface area contributed by atoms with Crippen molar-refractivity contribution in [1.82, 2.24) is 0 Å². The Kier molecular flexibility index (Phi) is 3.62. The van der Waals surface area contributed by atoms with Crippen molar-refractivity contribution in [2.24, 2.45) is 10.2 Å². The van der Waals surface area contributed by atoms with Crippen LogP contribution in [0.15, 0.2) is 46.0 Å². The number of rotatable bonds is 2. The van der Waals surface area contributed by atoms with Gasteiger partial charge in [-0.15, -0.1) is 5.11 Å². The van der Waals surface area contributed by atoms with E-state index in [9.17, 15) is 9.90 Å². The molecule has 0 spiro atoms. The third kappa shape index (κ3) is 2.87. The minimum atomic E-state index is -0.663. The van der Waals surface area contributed by atoms with Gasteiger partial charge in [-0.2, -0.15) is 5.11 Å². The van der Waals surface area contributed by atoms with E-state index < -0.39 is 5.97 Å². The number of hydrogen-bond acceptors (Lipinski definition) is 5. The maximum absolute atomic E-state index is 11.5. The lowest BCUT2D eigenvalue weighted by Gasteiger charge is -2.18. The number of esters is 1. The Bertz CT molecular complexity index is 523. The van der Waals surface area contributed by atoms with Gasteiger partial charge >= 0.3 is 5.97 Å². The average molecular weight is 267 g/mol. The fourth-order valence-electron chi connectivity index (χ4n) is 1.48. The first-order chi connectivity index (χ1) is 8.56. The first-order valence-corrected chi connectivity index (χ1v) is 5.74. The number of aliphatic hydroxyl groups is 1. The molecule has 1 aromatic rings. The summed E-state index contributed by atoms with van der Waals surface area (Å²) in [6.45, 7) is 1.70. The lowest BCUT2D eigenvalue weighted by molar-refractivity contribution is -0.145. The predicted octanol–water partition coefficient (Wildman–Crippen LogP) is 3.53. The van der Waals surface area contributed by atoms with Gasteiger partial charge in [0.1, 0.15) is 11.9 Å². The normalized spacial score (nSPS) is 20.3. The van der Waals surface area contributed by atoms with Gasteiger partial charge in [0.05, 0.1) is 5.69 Å². The number of nitrogens with zero attached hydrogens (tertiary/aromatic N) is 2. The maximum Gasteiger partial charge on any atom is 0.362 e. The van der Waals surface area contributed by atoms with Gasteiger partial charge in [0.25, 0.3) is 0 Å². The number of ether oxygens (including phenoxy) is 1. The number of hydrogen-bond donors (Lipinski definition) is 1. The Morgan fingerprint density at radius 1 is 1.33 bits per heavy atom. The summed E-state index contributed by atoms with van der Waals surface area (Å²) >= 11 is 5.73. The molecular weight excluding hydrogens is 256 g/mol. The number of carbonyl (C=O) groups excluding carboxylic acids is 1. The summed E-state index contributed by atoms with van der Waals surface area (Å²) in [4.78, 5) is 11.5. The molecule has 0 aliphatic carbocycles. The number of benzene rings is 1. The highest BCUT2D eigenvalue weighted by molar-refractivity contribution is 6.30. The van der Waals surface area contributed by atoms with E-state index in [1.54, 1.807) is 31.2 Å². The van der Waals surface area contributed by atoms with Crippen molar-refractivity contribution in [3.8, 4) is 0 Å². The lowest BCUT2D eigenvalue weighted by Crippen LogP contribution is -2.23. The van der Waals surface area contributed by atoms with E-state index in [0.717, 1.165) is 0 Å². The standard InChI is InChI=1S/C12H11ClN2O3/c1-7-6-10(16)11(12(17)18-7)15-14-9-4-2-8(13)3-5-9/h2-5,7,16H,6H2,1H3. The monoisotopic (exact) mass is 266 g/mol. The molecule has 0 fully saturated rings. The first-order valence-electron chi connectivity index (χ1n) is 5.36. The van der Waals surface area contributed by atoms with E-state index in [2.05, 4.69) is 10.2 Å². The largest absolute Gasteiger partial charge is 0.510 e. The van der Waals surface area contributed by atoms with Crippen LogP contribution in [0.4, 0.5) is 5.69 Å². The minimum absolute atomic E-state index is 0.100. The third-order valence-corrected chi connectivity index (χ3v) is 2.60. The van der Waals surface area contributed by atoms with Gasteiger partial charge in [0, 0.05) is 11.4 Å². The quantitative estimate of drug-likeness (QED) is 0.657. The second-order valence-corrected chi connectivity index (χ2v) is 4.33. The molecule has 94 valence electrons. The Labute approximate surface area is 109 Å². The second-order valence-electron chi connectivity index (χ2n) is 3.89. The van der Waals surface area contributed by atoms with Crippen molar-refractivity contribution >= 4 is 23.3 Å². The molecule has 1 heterocycles. The number of cyclic esters (lactones) is 1. The Balaban J connectivity index is 2.20. The van der Waals surface area contributed by atoms with Crippen LogP contribution in [-0.4, -0.2) is 17.2 Å². The number of carbonyl (C=O) groups is 1. The fraction of sp³-hybridized carbons (Fsp3) is 0.250. The summed E-state index contributed by atoms with van der Waals surface area (Å²) in [7, 11) is 0. The highest BCUT2D eigenvalue weighted by atomic mass is 35.5. The minimum Gasteiger partial charge on any atom is -0.510 e. The molecule has 0 saturated carbocycles. The molecule has 1 aromatic carbocycles. The molecule has 18 heavy (non-hydrogen) atoms. The summed E-state index contributed by atoms with van der Waals surface area (Å²) in [6.07, 6.45) is -0.0901. The molecule has 0 bridgehead atoms. The lowest BCUT2D eigenvalue weighted by atomic mass is 10.1. The highest BCUT2D eigenvalue weighted by Crippen LogP contribution is 2.23. The average Bonchev–Trinajstić information content (AvgIpc) is 2.30. The summed E-state index contributed by atoms with van der Waals surface area (Å²) in [5.41, 5.74) is 0.383. The zero-order valence-corrected chi connectivity index (χ0v) is 10.4. The van der Waals surface area contributed by atoms with Crippen LogP contribution in [0.1, 0.15) is 13.3 Å². The Morgan fingerprint density at radius 2 is 2.00 bits per heavy atom. The molecule has 0 aromatic heterocycles. The van der Waals surface area contributed by atoms with Crippen LogP contribution in [0.3, 0.4) is 0 Å². The van der Waals surface area contributed by atoms with E-state index >= 15 is 0 Å². The molecule has 5 nitrogen and oxygen atoms in total. The van der Waals surface area contributed by atoms with Crippen molar-refractivity contribution < 1.29 is 14.6 Å². The van der Waals surface area contributed by atoms with Crippen molar-refractivity contribution in [3.63, 3.8) is 0 Å². The molecule has 0 saturated heterocycles. The topological polar surface area (TPSA) is 71.2 Å². The smallest absolute Gasteiger partial charge is 0.362 e. The Morgan fingerprint density at radius 3 is 2.61 bits per heavy atom. The second kappa shape index (κ2) is 5.18. The number of azo groups is 1. The first kappa shape index (κ1) is 12.6. The van der Waals surface area contributed by atoms with Crippen molar-refractivity contribution in [2.75, 3.05) is 0 Å². The van der Waals surface area contributed by atoms with Gasteiger partial charge < -0.3 is 9.84 Å². The van der Waals surface area contributed by atoms with Crippen LogP contribution < -0.4 is 0 Å². The van der Waals surface area contributed by atoms with Crippen molar-refractivity contribution in [2.45, 2.75) is 19.4 Å². The molecule has 1 aliphatic rings. The van der Waals surface area contributed by atoms with Gasteiger partial charge in [-0.1, -0.05) is 11.6 Å². The van der Waals surface area contributed by atoms with Crippen LogP contribution in [0.2, 0.25) is 5.02 Å². The van der Waals surface area contributed by atoms with Crippen LogP contribution >= 0.6 is 11.6 Å². The summed E-state index contributed by atoms with van der Waals surface area (Å²) in [5.74, 6) is -0.763. The van der Waals surface area contributed by atoms with Gasteiger partial charge in [0.15, 0.2) is 0 Å². The number of aliphatic hydroxyl groups excluding tert-OH is 1. The van der Waals surface area contributed by atoms with E-state index in [-0.39, 0.29) is 24.0 Å². The molecular formula is C12H11ClN2O3. The molecule has 1 aliphatic heterocycles. The van der Waals surface area contributed by atoms with E-state index in [1.165, 1.54) is 0 Å². The zero-order valence-electron chi connectivity index (χ0n) is 9.63. The van der Waals surface area contributed by atoms with Crippen molar-refractivity contribution in [3.05, 3.63) is 40.7 Å². The summed E-state index contributed by atoms with van der Waals surface area (Å²) in [6, 6.07) is 6.62. The summed E-state index contributed by atoms with van der Waals surface area (Å²) < 4.78 is 4.95. The molecule has 6 heteroatoms. The van der Waals surface area contributed by atoms with Gasteiger partial charge in [-0.3, -0.25) is 0 Å². The zero-order chi connectivity index (χ0) is 13.1. The fourth-order valence-corrected chi connectivity index (χ4v) is 1.61. The van der Waals surface area contributed by atoms with E-state index in [4.69, 9.17) is 16.3 Å². The Hall–Kier alpha value is -1.88. The molecule has 1 N–H and O–H groups in total.